The van der Waals surface area contributed by atoms with Crippen molar-refractivity contribution in [3.8, 4) is 5.75 Å². The van der Waals surface area contributed by atoms with Crippen LogP contribution in [-0.4, -0.2) is 30.3 Å². The Labute approximate surface area is 158 Å². The average molecular weight is 386 g/mol. The number of ether oxygens (including phenoxy) is 1. The molecule has 7 heteroatoms. The van der Waals surface area contributed by atoms with Gasteiger partial charge in [0.2, 0.25) is 0 Å². The number of nitrogens with two attached hydrogens (primary N) is 1. The fourth-order valence-electron chi connectivity index (χ4n) is 2.57. The van der Waals surface area contributed by atoms with Crippen molar-refractivity contribution in [1.29, 1.82) is 0 Å². The summed E-state index contributed by atoms with van der Waals surface area (Å²) in [7, 11) is 0. The minimum Gasteiger partial charge on any atom is -0.488 e. The van der Waals surface area contributed by atoms with E-state index >= 15 is 0 Å². The molecule has 0 aliphatic carbocycles. The van der Waals surface area contributed by atoms with Crippen molar-refractivity contribution < 1.29 is 13.5 Å². The van der Waals surface area contributed by atoms with Crippen molar-refractivity contribution in [2.45, 2.75) is 46.1 Å². The van der Waals surface area contributed by atoms with Gasteiger partial charge in [-0.2, -0.15) is 0 Å². The monoisotopic (exact) mass is 385 g/mol. The van der Waals surface area contributed by atoms with Crippen molar-refractivity contribution >= 4 is 23.9 Å². The van der Waals surface area contributed by atoms with E-state index in [0.29, 0.717) is 22.9 Å². The molecule has 144 valence electrons. The fourth-order valence-corrected chi connectivity index (χ4v) is 2.77. The van der Waals surface area contributed by atoms with E-state index in [2.05, 4.69) is 30.5 Å². The molecule has 26 heavy (non-hydrogen) atoms. The number of aliphatic imine (C=N–C) groups is 1. The summed E-state index contributed by atoms with van der Waals surface area (Å²) in [6, 6.07) is 3.30. The molecule has 0 saturated carbocycles. The molecule has 1 heterocycles. The summed E-state index contributed by atoms with van der Waals surface area (Å²) >= 11 is 6.19. The smallest absolute Gasteiger partial charge is 0.280 e. The van der Waals surface area contributed by atoms with Crippen LogP contribution in [0.4, 0.5) is 8.78 Å². The van der Waals surface area contributed by atoms with Gasteiger partial charge in [0.05, 0.1) is 5.69 Å². The van der Waals surface area contributed by atoms with Crippen LogP contribution in [-0.2, 0) is 0 Å². The highest BCUT2D eigenvalue weighted by atomic mass is 35.5. The second-order valence-corrected chi connectivity index (χ2v) is 7.16. The molecular weight excluding hydrogens is 360 g/mol. The first-order valence-electron chi connectivity index (χ1n) is 8.31. The van der Waals surface area contributed by atoms with Gasteiger partial charge in [0.1, 0.15) is 12.3 Å². The Hall–Kier alpha value is -1.79. The van der Waals surface area contributed by atoms with Crippen molar-refractivity contribution in [3.05, 3.63) is 40.8 Å². The number of aromatic nitrogens is 1. The number of hydrogen-bond donors (Lipinski definition) is 1. The first-order chi connectivity index (χ1) is 12.1. The lowest BCUT2D eigenvalue weighted by Crippen LogP contribution is -2.43. The number of alkyl halides is 2. The first kappa shape index (κ1) is 22.3. The van der Waals surface area contributed by atoms with E-state index in [1.807, 2.05) is 6.92 Å². The first-order valence-corrected chi connectivity index (χ1v) is 8.68. The van der Waals surface area contributed by atoms with Crippen molar-refractivity contribution in [2.24, 2.45) is 16.6 Å². The van der Waals surface area contributed by atoms with E-state index in [9.17, 15) is 8.78 Å². The van der Waals surface area contributed by atoms with Gasteiger partial charge < -0.3 is 10.5 Å². The lowest BCUT2D eigenvalue weighted by molar-refractivity contribution is 0.188. The van der Waals surface area contributed by atoms with Gasteiger partial charge in [0.25, 0.3) is 6.43 Å². The van der Waals surface area contributed by atoms with Crippen molar-refractivity contribution in [1.82, 2.24) is 4.98 Å². The Balaban J connectivity index is 2.97. The minimum atomic E-state index is -2.72. The average Bonchev–Trinajstić information content (AvgIpc) is 2.53. The van der Waals surface area contributed by atoms with E-state index in [-0.39, 0.29) is 11.8 Å². The van der Waals surface area contributed by atoms with Gasteiger partial charge in [0, 0.05) is 5.54 Å². The Morgan fingerprint density at radius 3 is 2.58 bits per heavy atom. The van der Waals surface area contributed by atoms with Crippen LogP contribution in [0, 0.1) is 5.92 Å². The molecule has 0 spiro atoms. The third kappa shape index (κ3) is 6.84. The molecule has 1 aromatic heterocycles. The molecule has 0 saturated heterocycles. The second-order valence-electron chi connectivity index (χ2n) is 6.80. The maximum Gasteiger partial charge on any atom is 0.280 e. The van der Waals surface area contributed by atoms with E-state index < -0.39 is 17.7 Å². The van der Waals surface area contributed by atoms with E-state index in [0.717, 1.165) is 6.42 Å². The Morgan fingerprint density at radius 1 is 1.46 bits per heavy atom. The predicted octanol–water partition coefficient (Wildman–Crippen LogP) is 5.13. The largest absolute Gasteiger partial charge is 0.488 e. The third-order valence-corrected chi connectivity index (χ3v) is 3.83. The van der Waals surface area contributed by atoms with Crippen LogP contribution in [0.15, 0.2) is 35.0 Å². The quantitative estimate of drug-likeness (QED) is 0.364. The van der Waals surface area contributed by atoms with Crippen LogP contribution >= 0.6 is 11.6 Å². The molecule has 0 amide bonds. The number of allylic oxidation sites excluding steroid dienone is 4. The molecule has 0 bridgehead atoms. The van der Waals surface area contributed by atoms with Crippen molar-refractivity contribution in [3.63, 3.8) is 0 Å². The molecule has 0 aliphatic heterocycles. The van der Waals surface area contributed by atoms with Crippen LogP contribution in [0.1, 0.15) is 39.8 Å². The van der Waals surface area contributed by atoms with Crippen LogP contribution in [0.3, 0.4) is 0 Å². The molecule has 0 radical (unpaired) electrons. The Morgan fingerprint density at radius 2 is 2.12 bits per heavy atom. The summed E-state index contributed by atoms with van der Waals surface area (Å²) in [5.41, 5.74) is 6.20. The molecule has 1 atom stereocenters. The van der Waals surface area contributed by atoms with Gasteiger partial charge in [-0.3, -0.25) is 4.99 Å². The minimum absolute atomic E-state index is 0.140. The number of pyridine rings is 1. The summed E-state index contributed by atoms with van der Waals surface area (Å²) in [5, 5.41) is 0.140. The zero-order valence-corrected chi connectivity index (χ0v) is 16.4. The molecule has 0 aromatic carbocycles. The van der Waals surface area contributed by atoms with E-state index in [1.165, 1.54) is 6.08 Å². The summed E-state index contributed by atoms with van der Waals surface area (Å²) in [6.45, 7) is 11.3. The summed E-state index contributed by atoms with van der Waals surface area (Å²) < 4.78 is 31.4. The Kier molecular flexibility index (Phi) is 8.37. The topological polar surface area (TPSA) is 60.5 Å². The highest BCUT2D eigenvalue weighted by Gasteiger charge is 2.22. The molecule has 1 rings (SSSR count). The number of halogens is 3. The number of hydrogen-bond acceptors (Lipinski definition) is 4. The number of nitrogens with zero attached hydrogens (tertiary/aromatic N) is 2. The third-order valence-electron chi connectivity index (χ3n) is 3.56. The van der Waals surface area contributed by atoms with Crippen LogP contribution < -0.4 is 10.5 Å². The maximum atomic E-state index is 12.9. The van der Waals surface area contributed by atoms with Gasteiger partial charge >= 0.3 is 0 Å². The zero-order valence-electron chi connectivity index (χ0n) is 15.6. The summed E-state index contributed by atoms with van der Waals surface area (Å²) in [5.74, 6) is 0.835. The standard InChI is InChI=1S/C19H26ClF2N3O/c1-6-13(9-15(24-5)18(21)22)14-7-8-16(17(20)25-14)26-11-19(4,23)10-12(2)3/h6-9,12,18H,5,10-11,23H2,1-4H3/b13-6+,15-9-. The molecule has 0 fully saturated rings. The normalized spacial score (nSPS) is 15.3. The lowest BCUT2D eigenvalue weighted by Gasteiger charge is -2.26. The van der Waals surface area contributed by atoms with Gasteiger partial charge in [-0.1, -0.05) is 31.5 Å². The predicted molar refractivity (Wildman–Crippen MR) is 104 cm³/mol. The fraction of sp³-hybridized carbons (Fsp3) is 0.474. The SMILES string of the molecule is C=N/C(=C\C(=C/C)c1ccc(OCC(C)(N)CC(C)C)c(Cl)n1)C(F)F. The van der Waals surface area contributed by atoms with Crippen LogP contribution in [0.5, 0.6) is 5.75 Å². The number of rotatable bonds is 9. The molecule has 2 N–H and O–H groups in total. The molecule has 4 nitrogen and oxygen atoms in total. The highest BCUT2D eigenvalue weighted by molar-refractivity contribution is 6.30. The Bertz CT molecular complexity index is 685. The van der Waals surface area contributed by atoms with Gasteiger partial charge in [0.15, 0.2) is 10.9 Å². The molecule has 1 aromatic rings. The van der Waals surface area contributed by atoms with Gasteiger partial charge in [-0.15, -0.1) is 0 Å². The van der Waals surface area contributed by atoms with E-state index in [1.54, 1.807) is 25.1 Å². The van der Waals surface area contributed by atoms with Crippen LogP contribution in [0.25, 0.3) is 5.57 Å². The summed E-state index contributed by atoms with van der Waals surface area (Å²) in [6.07, 6.45) is 0.959. The van der Waals surface area contributed by atoms with Gasteiger partial charge in [-0.05, 0) is 56.7 Å². The highest BCUT2D eigenvalue weighted by Crippen LogP contribution is 2.28. The van der Waals surface area contributed by atoms with Crippen molar-refractivity contribution in [2.75, 3.05) is 6.61 Å². The van der Waals surface area contributed by atoms with Gasteiger partial charge in [-0.25, -0.2) is 13.8 Å². The molecule has 0 aliphatic rings. The van der Waals surface area contributed by atoms with Crippen LogP contribution in [0.2, 0.25) is 5.15 Å². The zero-order chi connectivity index (χ0) is 19.9. The second kappa shape index (κ2) is 9.78. The van der Waals surface area contributed by atoms with E-state index in [4.69, 9.17) is 22.1 Å². The lowest BCUT2D eigenvalue weighted by atomic mass is 9.93. The maximum absolute atomic E-state index is 12.9. The molecule has 1 unspecified atom stereocenters. The molecular formula is C19H26ClF2N3O. The summed E-state index contributed by atoms with van der Waals surface area (Å²) in [4.78, 5) is 7.57.